The molecule has 240 valence electrons. The van der Waals surface area contributed by atoms with Gasteiger partial charge in [-0.2, -0.15) is 21.9 Å². The van der Waals surface area contributed by atoms with Crippen molar-refractivity contribution in [3.63, 3.8) is 0 Å². The Balaban J connectivity index is 0.000000157. The summed E-state index contributed by atoms with van der Waals surface area (Å²) in [5.74, 6) is 0. The summed E-state index contributed by atoms with van der Waals surface area (Å²) in [6.07, 6.45) is -1.22. The van der Waals surface area contributed by atoms with Gasteiger partial charge < -0.3 is 0 Å². The molecule has 0 aliphatic heterocycles. The fourth-order valence-electron chi connectivity index (χ4n) is 7.62. The van der Waals surface area contributed by atoms with Gasteiger partial charge in [0.15, 0.2) is 0 Å². The van der Waals surface area contributed by atoms with E-state index in [2.05, 4.69) is 243 Å². The summed E-state index contributed by atoms with van der Waals surface area (Å²) >= 11 is 0. The van der Waals surface area contributed by atoms with Crippen LogP contribution in [0.1, 0.15) is 0 Å². The maximum absolute atomic E-state index is 2.28. The van der Waals surface area contributed by atoms with Crippen molar-refractivity contribution in [3.05, 3.63) is 243 Å². The van der Waals surface area contributed by atoms with E-state index in [9.17, 15) is 0 Å². The first-order chi connectivity index (χ1) is 24.8. The standard InChI is InChI=1S/C24H20B.C24H20P/c2*1-5-13-21(14-6-1)25(22-15-7-2-8-16-22,23-17-9-3-10-18-23)24-19-11-4-12-20-24/h2*1-20H/q-1;+1. The van der Waals surface area contributed by atoms with E-state index < -0.39 is 13.4 Å². The van der Waals surface area contributed by atoms with Gasteiger partial charge in [0.05, 0.1) is 0 Å². The molecule has 0 saturated heterocycles. The molecule has 2 heteroatoms. The predicted octanol–water partition coefficient (Wildman–Crippen LogP) is 7.37. The molecule has 0 fully saturated rings. The minimum Gasteiger partial charge on any atom is -0.195 e. The Morgan fingerprint density at radius 3 is 0.540 bits per heavy atom. The second-order valence-electron chi connectivity index (χ2n) is 12.5. The number of benzene rings is 8. The molecule has 8 rings (SSSR count). The molecule has 50 heavy (non-hydrogen) atoms. The van der Waals surface area contributed by atoms with Crippen molar-refractivity contribution in [1.82, 2.24) is 0 Å². The van der Waals surface area contributed by atoms with Crippen LogP contribution < -0.4 is 43.1 Å². The van der Waals surface area contributed by atoms with Gasteiger partial charge in [-0.15, -0.1) is 0 Å². The minimum atomic E-state index is -1.91. The third-order valence-corrected chi connectivity index (χ3v) is 14.1. The van der Waals surface area contributed by atoms with Crippen LogP contribution in [0, 0.1) is 0 Å². The Labute approximate surface area is 298 Å². The molecule has 0 heterocycles. The van der Waals surface area contributed by atoms with E-state index in [1.807, 2.05) is 0 Å². The molecular weight excluding hydrogens is 618 g/mol. The lowest BCUT2D eigenvalue weighted by atomic mass is 9.13. The van der Waals surface area contributed by atoms with Gasteiger partial charge in [0.2, 0.25) is 0 Å². The van der Waals surface area contributed by atoms with E-state index in [4.69, 9.17) is 0 Å². The first-order valence-corrected chi connectivity index (χ1v) is 19.1. The summed E-state index contributed by atoms with van der Waals surface area (Å²) in [6.45, 7) is 0. The number of rotatable bonds is 8. The van der Waals surface area contributed by atoms with Crippen molar-refractivity contribution in [2.75, 3.05) is 0 Å². The zero-order valence-electron chi connectivity index (χ0n) is 28.1. The molecule has 8 aromatic carbocycles. The number of hydrogen-bond donors (Lipinski definition) is 0. The van der Waals surface area contributed by atoms with Crippen LogP contribution in [0.15, 0.2) is 243 Å². The van der Waals surface area contributed by atoms with Crippen LogP contribution in [0.2, 0.25) is 0 Å². The van der Waals surface area contributed by atoms with Gasteiger partial charge in [0.25, 0.3) is 0 Å². The lowest BCUT2D eigenvalue weighted by molar-refractivity contribution is 1.66. The van der Waals surface area contributed by atoms with Crippen molar-refractivity contribution in [1.29, 1.82) is 0 Å². The van der Waals surface area contributed by atoms with Gasteiger partial charge in [0, 0.05) is 0 Å². The highest BCUT2D eigenvalue weighted by Gasteiger charge is 2.47. The first-order valence-electron chi connectivity index (χ1n) is 17.3. The van der Waals surface area contributed by atoms with Gasteiger partial charge in [-0.05, 0) is 48.5 Å². The lowest BCUT2D eigenvalue weighted by Gasteiger charge is -2.44. The van der Waals surface area contributed by atoms with E-state index >= 15 is 0 Å². The van der Waals surface area contributed by atoms with Crippen LogP contribution in [-0.4, -0.2) is 6.15 Å². The van der Waals surface area contributed by atoms with E-state index in [1.165, 1.54) is 43.1 Å². The zero-order chi connectivity index (χ0) is 33.9. The van der Waals surface area contributed by atoms with Crippen LogP contribution in [0.5, 0.6) is 0 Å². The highest BCUT2D eigenvalue weighted by atomic mass is 31.2. The largest absolute Gasteiger partial charge is 0.195 e. The van der Waals surface area contributed by atoms with Gasteiger partial charge in [0.1, 0.15) is 34.6 Å². The molecular formula is C48H40BP. The average molecular weight is 659 g/mol. The molecule has 0 saturated carbocycles. The van der Waals surface area contributed by atoms with Crippen LogP contribution in [0.25, 0.3) is 0 Å². The second-order valence-corrected chi connectivity index (χ2v) is 15.9. The molecule has 0 atom stereocenters. The molecule has 0 spiro atoms. The van der Waals surface area contributed by atoms with Gasteiger partial charge in [-0.1, -0.05) is 194 Å². The van der Waals surface area contributed by atoms with Crippen LogP contribution in [0.4, 0.5) is 0 Å². The van der Waals surface area contributed by atoms with Crippen LogP contribution >= 0.6 is 7.26 Å². The Bertz CT molecular complexity index is 1670. The zero-order valence-corrected chi connectivity index (χ0v) is 29.0. The molecule has 0 aliphatic rings. The topological polar surface area (TPSA) is 0 Å². The van der Waals surface area contributed by atoms with Gasteiger partial charge >= 0.3 is 0 Å². The van der Waals surface area contributed by atoms with Crippen molar-refractivity contribution < 1.29 is 0 Å². The lowest BCUT2D eigenvalue weighted by Crippen LogP contribution is -2.74. The quantitative estimate of drug-likeness (QED) is 0.118. The van der Waals surface area contributed by atoms with E-state index in [0.29, 0.717) is 0 Å². The summed E-state index contributed by atoms with van der Waals surface area (Å²) in [4.78, 5) is 0. The van der Waals surface area contributed by atoms with E-state index in [-0.39, 0.29) is 0 Å². The fourth-order valence-corrected chi connectivity index (χ4v) is 11.9. The summed E-state index contributed by atoms with van der Waals surface area (Å²) in [6, 6.07) is 87.4. The Morgan fingerprint density at radius 2 is 0.360 bits per heavy atom. The molecule has 0 amide bonds. The maximum atomic E-state index is 2.28. The monoisotopic (exact) mass is 658 g/mol. The second kappa shape index (κ2) is 15.6. The van der Waals surface area contributed by atoms with Gasteiger partial charge in [-0.25, -0.2) is 0 Å². The molecule has 0 aromatic heterocycles. The molecule has 0 aliphatic carbocycles. The highest BCUT2D eigenvalue weighted by molar-refractivity contribution is 8.01. The Morgan fingerprint density at radius 1 is 0.200 bits per heavy atom. The summed E-state index contributed by atoms with van der Waals surface area (Å²) < 4.78 is 0. The smallest absolute Gasteiger partial charge is 0.144 e. The third kappa shape index (κ3) is 6.37. The summed E-state index contributed by atoms with van der Waals surface area (Å²) in [5, 5.41) is 5.55. The molecule has 8 aromatic rings. The SMILES string of the molecule is c1ccc([B-](c2ccccc2)(c2ccccc2)c2ccccc2)cc1.c1ccc([P+](c2ccccc2)(c2ccccc2)c2ccccc2)cc1. The summed E-state index contributed by atoms with van der Waals surface area (Å²) in [5.41, 5.74) is 5.36. The summed E-state index contributed by atoms with van der Waals surface area (Å²) in [7, 11) is -1.91. The van der Waals surface area contributed by atoms with Crippen molar-refractivity contribution in [2.45, 2.75) is 0 Å². The third-order valence-electron chi connectivity index (χ3n) is 9.77. The van der Waals surface area contributed by atoms with Crippen LogP contribution in [-0.2, 0) is 0 Å². The maximum Gasteiger partial charge on any atom is 0.144 e. The molecule has 0 N–H and O–H groups in total. The molecule has 0 radical (unpaired) electrons. The fraction of sp³-hybridized carbons (Fsp3) is 0. The first kappa shape index (κ1) is 32.8. The predicted molar refractivity (Wildman–Crippen MR) is 221 cm³/mol. The van der Waals surface area contributed by atoms with Crippen molar-refractivity contribution in [3.8, 4) is 0 Å². The Hall–Kier alpha value is -5.75. The Kier molecular flexibility index (Phi) is 10.3. The molecule has 0 unspecified atom stereocenters. The molecule has 0 nitrogen and oxygen atoms in total. The van der Waals surface area contributed by atoms with Gasteiger partial charge in [-0.3, -0.25) is 0 Å². The van der Waals surface area contributed by atoms with Crippen molar-refractivity contribution in [2.24, 2.45) is 0 Å². The minimum absolute atomic E-state index is 1.22. The average Bonchev–Trinajstić information content (AvgIpc) is 3.22. The van der Waals surface area contributed by atoms with E-state index in [1.54, 1.807) is 0 Å². The number of hydrogen-bond acceptors (Lipinski definition) is 0. The van der Waals surface area contributed by atoms with Crippen LogP contribution in [0.3, 0.4) is 0 Å². The van der Waals surface area contributed by atoms with E-state index in [0.717, 1.165) is 0 Å². The van der Waals surface area contributed by atoms with Crippen molar-refractivity contribution >= 4 is 56.5 Å². The highest BCUT2D eigenvalue weighted by Crippen LogP contribution is 2.54. The normalized spacial score (nSPS) is 11.2. The molecule has 0 bridgehead atoms.